The molecule has 2 atom stereocenters. The Bertz CT molecular complexity index is 1240. The van der Waals surface area contributed by atoms with Crippen LogP contribution in [0.3, 0.4) is 0 Å². The molecule has 1 saturated carbocycles. The molecule has 1 aliphatic rings. The molecule has 0 aromatic heterocycles. The molecule has 0 bridgehead atoms. The predicted molar refractivity (Wildman–Crippen MR) is 122 cm³/mol. The number of halogens is 8. The minimum absolute atomic E-state index is 0.0665. The van der Waals surface area contributed by atoms with Crippen molar-refractivity contribution in [2.24, 2.45) is 5.92 Å². The molecular weight excluding hydrogens is 504 g/mol. The lowest BCUT2D eigenvalue weighted by Crippen LogP contribution is -2.24. The molecule has 0 N–H and O–H groups in total. The highest BCUT2D eigenvalue weighted by molar-refractivity contribution is 5.66. The van der Waals surface area contributed by atoms with Gasteiger partial charge < -0.3 is 4.74 Å². The van der Waals surface area contributed by atoms with Gasteiger partial charge in [-0.3, -0.25) is 0 Å². The van der Waals surface area contributed by atoms with Crippen molar-refractivity contribution in [3.05, 3.63) is 88.5 Å². The van der Waals surface area contributed by atoms with Gasteiger partial charge in [0.2, 0.25) is 0 Å². The van der Waals surface area contributed by atoms with Crippen LogP contribution in [0.1, 0.15) is 62.5 Å². The minimum atomic E-state index is -4.28. The normalized spacial score (nSPS) is 17.9. The molecule has 0 saturated heterocycles. The van der Waals surface area contributed by atoms with Crippen LogP contribution in [0.25, 0.3) is 11.1 Å². The van der Waals surface area contributed by atoms with Crippen LogP contribution in [0.15, 0.2) is 42.5 Å². The molecule has 0 heterocycles. The van der Waals surface area contributed by atoms with E-state index in [0.717, 1.165) is 50.7 Å². The maximum atomic E-state index is 14.8. The van der Waals surface area contributed by atoms with E-state index in [1.807, 2.05) is 0 Å². The van der Waals surface area contributed by atoms with Crippen molar-refractivity contribution in [3.63, 3.8) is 0 Å². The Hall–Kier alpha value is -3.10. The third-order valence-corrected chi connectivity index (χ3v) is 6.82. The fourth-order valence-corrected chi connectivity index (χ4v) is 4.94. The maximum absolute atomic E-state index is 14.8. The van der Waals surface area contributed by atoms with E-state index in [0.29, 0.717) is 35.7 Å². The number of unbranched alkanes of at least 4 members (excludes halogenated alkanes) is 1. The van der Waals surface area contributed by atoms with Crippen molar-refractivity contribution in [3.8, 4) is 16.9 Å². The Morgan fingerprint density at radius 1 is 0.811 bits per heavy atom. The third-order valence-electron chi connectivity index (χ3n) is 6.82. The van der Waals surface area contributed by atoms with Gasteiger partial charge in [0.1, 0.15) is 23.2 Å². The average molecular weight is 528 g/mol. The average Bonchev–Trinajstić information content (AvgIpc) is 3.29. The van der Waals surface area contributed by atoms with E-state index < -0.39 is 63.5 Å². The summed E-state index contributed by atoms with van der Waals surface area (Å²) in [6.45, 7) is 2.10. The molecule has 0 aliphatic heterocycles. The highest BCUT2D eigenvalue weighted by Gasteiger charge is 2.39. The van der Waals surface area contributed by atoms with Crippen molar-refractivity contribution in [1.29, 1.82) is 0 Å². The molecule has 3 aromatic rings. The molecule has 2 unspecified atom stereocenters. The molecule has 3 aromatic carbocycles. The molecule has 0 amide bonds. The van der Waals surface area contributed by atoms with E-state index in [4.69, 9.17) is 0 Å². The molecule has 0 radical (unpaired) electrons. The first-order valence-electron chi connectivity index (χ1n) is 12.0. The van der Waals surface area contributed by atoms with Gasteiger partial charge in [-0.15, -0.1) is 0 Å². The Morgan fingerprint density at radius 2 is 1.46 bits per heavy atom. The zero-order valence-electron chi connectivity index (χ0n) is 19.9. The molecule has 9 heteroatoms. The van der Waals surface area contributed by atoms with Gasteiger partial charge in [0.15, 0.2) is 17.5 Å². The van der Waals surface area contributed by atoms with Crippen LogP contribution in [0.4, 0.5) is 35.1 Å². The molecule has 1 aliphatic carbocycles. The molecule has 1 fully saturated rings. The highest BCUT2D eigenvalue weighted by Crippen LogP contribution is 2.42. The summed E-state index contributed by atoms with van der Waals surface area (Å²) in [5.41, 5.74) is -2.16. The van der Waals surface area contributed by atoms with Gasteiger partial charge in [0, 0.05) is 12.1 Å². The quantitative estimate of drug-likeness (QED) is 0.209. The smallest absolute Gasteiger partial charge is 0.429 e. The number of rotatable bonds is 8. The van der Waals surface area contributed by atoms with Crippen LogP contribution < -0.4 is 4.74 Å². The van der Waals surface area contributed by atoms with Gasteiger partial charge in [0.25, 0.3) is 0 Å². The summed E-state index contributed by atoms with van der Waals surface area (Å²) >= 11 is 0. The lowest BCUT2D eigenvalue weighted by atomic mass is 9.93. The van der Waals surface area contributed by atoms with Crippen molar-refractivity contribution >= 4 is 0 Å². The van der Waals surface area contributed by atoms with E-state index in [1.54, 1.807) is 0 Å². The molecule has 4 rings (SSSR count). The number of ether oxygens (including phenoxy) is 1. The second kappa shape index (κ2) is 10.7. The van der Waals surface area contributed by atoms with Gasteiger partial charge in [0.05, 0.1) is 11.1 Å². The van der Waals surface area contributed by atoms with E-state index in [2.05, 4.69) is 11.7 Å². The van der Waals surface area contributed by atoms with Crippen LogP contribution in [0.5, 0.6) is 5.75 Å². The Morgan fingerprint density at radius 3 is 2.05 bits per heavy atom. The van der Waals surface area contributed by atoms with Crippen LogP contribution in [0.2, 0.25) is 0 Å². The van der Waals surface area contributed by atoms with E-state index in [9.17, 15) is 35.1 Å². The van der Waals surface area contributed by atoms with E-state index in [-0.39, 0.29) is 5.92 Å². The summed E-state index contributed by atoms with van der Waals surface area (Å²) in [5, 5.41) is 0. The monoisotopic (exact) mass is 528 g/mol. The van der Waals surface area contributed by atoms with Gasteiger partial charge in [-0.25, -0.2) is 26.3 Å². The third kappa shape index (κ3) is 5.75. The highest BCUT2D eigenvalue weighted by atomic mass is 19.3. The standard InChI is InChI=1S/C28H24F8O/c1-2-3-4-15-5-6-16(9-15)17-7-8-20(21(29)10-17)28(35,36)37-19-13-22(30)26(23(31)14-19)18-11-24(32)27(34)25(33)12-18/h7-8,10-16H,2-6,9H2,1H3. The Labute approximate surface area is 209 Å². The van der Waals surface area contributed by atoms with Crippen molar-refractivity contribution in [2.75, 3.05) is 0 Å². The lowest BCUT2D eigenvalue weighted by Gasteiger charge is -2.21. The summed E-state index contributed by atoms with van der Waals surface area (Å²) in [6.07, 6.45) is 1.68. The van der Waals surface area contributed by atoms with Crippen molar-refractivity contribution in [1.82, 2.24) is 0 Å². The Balaban J connectivity index is 1.54. The van der Waals surface area contributed by atoms with Crippen molar-refractivity contribution < 1.29 is 39.9 Å². The topological polar surface area (TPSA) is 9.23 Å². The number of alkyl halides is 2. The fourth-order valence-electron chi connectivity index (χ4n) is 4.94. The van der Waals surface area contributed by atoms with Crippen molar-refractivity contribution in [2.45, 2.75) is 57.5 Å². The summed E-state index contributed by atoms with van der Waals surface area (Å²) < 4.78 is 118. The van der Waals surface area contributed by atoms with Crippen LogP contribution in [-0.2, 0) is 6.11 Å². The van der Waals surface area contributed by atoms with Gasteiger partial charge in [-0.1, -0.05) is 32.3 Å². The first kappa shape index (κ1) is 26.9. The number of hydrogen-bond donors (Lipinski definition) is 0. The Kier molecular flexibility index (Phi) is 7.80. The number of benzene rings is 3. The van der Waals surface area contributed by atoms with Crippen LogP contribution >= 0.6 is 0 Å². The molecule has 0 spiro atoms. The van der Waals surface area contributed by atoms with Gasteiger partial charge >= 0.3 is 6.11 Å². The second-order valence-electron chi connectivity index (χ2n) is 9.39. The maximum Gasteiger partial charge on any atom is 0.429 e. The van der Waals surface area contributed by atoms with Gasteiger partial charge in [-0.2, -0.15) is 8.78 Å². The van der Waals surface area contributed by atoms with Crippen LogP contribution in [0, 0.1) is 40.8 Å². The summed E-state index contributed by atoms with van der Waals surface area (Å²) in [7, 11) is 0. The molecular formula is C28H24F8O. The summed E-state index contributed by atoms with van der Waals surface area (Å²) in [4.78, 5) is 0. The first-order valence-corrected chi connectivity index (χ1v) is 12.0. The predicted octanol–water partition coefficient (Wildman–Crippen LogP) is 9.39. The lowest BCUT2D eigenvalue weighted by molar-refractivity contribution is -0.187. The SMILES string of the molecule is CCCCC1CCC(c2ccc(C(F)(F)Oc3cc(F)c(-c4cc(F)c(F)c(F)c4)c(F)c3)c(F)c2)C1. The van der Waals surface area contributed by atoms with E-state index >= 15 is 0 Å². The molecule has 1 nitrogen and oxygen atoms in total. The largest absolute Gasteiger partial charge is 0.429 e. The molecule has 198 valence electrons. The zero-order valence-corrected chi connectivity index (χ0v) is 19.9. The van der Waals surface area contributed by atoms with Crippen LogP contribution in [-0.4, -0.2) is 0 Å². The summed E-state index contributed by atoms with van der Waals surface area (Å²) in [6, 6.07) is 4.81. The second-order valence-corrected chi connectivity index (χ2v) is 9.39. The minimum Gasteiger partial charge on any atom is -0.429 e. The van der Waals surface area contributed by atoms with Gasteiger partial charge in [-0.05, 0) is 66.5 Å². The first-order chi connectivity index (χ1) is 17.5. The zero-order chi connectivity index (χ0) is 26.9. The van der Waals surface area contributed by atoms with E-state index in [1.165, 1.54) is 6.07 Å². The summed E-state index contributed by atoms with van der Waals surface area (Å²) in [5.74, 6) is -9.80. The fraction of sp³-hybridized carbons (Fsp3) is 0.357. The molecule has 37 heavy (non-hydrogen) atoms. The number of hydrogen-bond acceptors (Lipinski definition) is 1.